The average Bonchev–Trinajstić information content (AvgIpc) is 2.81. The molecule has 90 valence electrons. The van der Waals surface area contributed by atoms with E-state index < -0.39 is 0 Å². The number of hydrogen-bond donors (Lipinski definition) is 1. The fourth-order valence-electron chi connectivity index (χ4n) is 2.42. The maximum atomic E-state index is 6.01. The second kappa shape index (κ2) is 5.25. The van der Waals surface area contributed by atoms with Crippen molar-refractivity contribution < 1.29 is 0 Å². The molecule has 3 unspecified atom stereocenters. The van der Waals surface area contributed by atoms with Crippen molar-refractivity contribution in [2.75, 3.05) is 13.1 Å². The van der Waals surface area contributed by atoms with Crippen molar-refractivity contribution in [3.05, 3.63) is 16.6 Å². The van der Waals surface area contributed by atoms with Crippen LogP contribution in [0.15, 0.2) is 11.6 Å². The molecule has 0 radical (unpaired) electrons. The van der Waals surface area contributed by atoms with Gasteiger partial charge in [-0.15, -0.1) is 11.3 Å². The molecule has 3 atom stereocenters. The molecule has 3 nitrogen and oxygen atoms in total. The molecule has 0 aromatic carbocycles. The van der Waals surface area contributed by atoms with Crippen molar-refractivity contribution in [2.45, 2.75) is 38.8 Å². The molecular weight excluding hydrogens is 218 g/mol. The van der Waals surface area contributed by atoms with Gasteiger partial charge in [0.2, 0.25) is 0 Å². The quantitative estimate of drug-likeness (QED) is 0.880. The maximum Gasteiger partial charge on any atom is 0.109 e. The lowest BCUT2D eigenvalue weighted by molar-refractivity contribution is 0.121. The lowest BCUT2D eigenvalue weighted by Gasteiger charge is -2.37. The molecule has 1 fully saturated rings. The Bertz CT molecular complexity index is 310. The third-order valence-corrected chi connectivity index (χ3v) is 4.54. The molecule has 2 rings (SSSR count). The summed E-state index contributed by atoms with van der Waals surface area (Å²) in [6.07, 6.45) is 4.43. The molecule has 1 aliphatic heterocycles. The normalized spacial score (nSPS) is 26.6. The van der Waals surface area contributed by atoms with E-state index in [1.807, 2.05) is 6.20 Å². The van der Waals surface area contributed by atoms with Crippen LogP contribution in [0.5, 0.6) is 0 Å². The molecule has 1 aromatic rings. The van der Waals surface area contributed by atoms with E-state index in [1.165, 1.54) is 24.4 Å². The zero-order chi connectivity index (χ0) is 11.5. The van der Waals surface area contributed by atoms with Crippen molar-refractivity contribution in [3.63, 3.8) is 0 Å². The summed E-state index contributed by atoms with van der Waals surface area (Å²) >= 11 is 1.75. The molecule has 0 amide bonds. The molecule has 0 spiro atoms. The van der Waals surface area contributed by atoms with Crippen molar-refractivity contribution in [2.24, 2.45) is 11.7 Å². The molecule has 1 aromatic heterocycles. The van der Waals surface area contributed by atoms with Gasteiger partial charge in [0.05, 0.1) is 6.04 Å². The van der Waals surface area contributed by atoms with Gasteiger partial charge in [-0.2, -0.15) is 0 Å². The minimum atomic E-state index is 0.311. The molecule has 1 saturated heterocycles. The molecule has 1 aliphatic rings. The molecule has 4 heteroatoms. The van der Waals surface area contributed by atoms with Gasteiger partial charge < -0.3 is 5.73 Å². The van der Waals surface area contributed by atoms with E-state index in [9.17, 15) is 0 Å². The predicted octanol–water partition coefficient (Wildman–Crippen LogP) is 2.26. The zero-order valence-electron chi connectivity index (χ0n) is 10.1. The van der Waals surface area contributed by atoms with Crippen LogP contribution in [0.25, 0.3) is 0 Å². The number of piperidine rings is 1. The van der Waals surface area contributed by atoms with E-state index in [0.717, 1.165) is 6.54 Å². The van der Waals surface area contributed by atoms with E-state index in [4.69, 9.17) is 5.73 Å². The van der Waals surface area contributed by atoms with Gasteiger partial charge in [-0.3, -0.25) is 4.90 Å². The largest absolute Gasteiger partial charge is 0.328 e. The number of likely N-dealkylation sites (tertiary alicyclic amines) is 1. The van der Waals surface area contributed by atoms with Crippen LogP contribution in [0.1, 0.15) is 37.7 Å². The summed E-state index contributed by atoms with van der Waals surface area (Å²) in [6, 6.07) is 0.757. The van der Waals surface area contributed by atoms with Gasteiger partial charge in [0.25, 0.3) is 0 Å². The third-order valence-electron chi connectivity index (χ3n) is 3.59. The molecular formula is C12H21N3S. The van der Waals surface area contributed by atoms with E-state index in [2.05, 4.69) is 29.1 Å². The van der Waals surface area contributed by atoms with Crippen LogP contribution in [0.2, 0.25) is 0 Å². The van der Waals surface area contributed by atoms with Crippen LogP contribution in [-0.2, 0) is 0 Å². The highest BCUT2D eigenvalue weighted by molar-refractivity contribution is 7.09. The SMILES string of the molecule is CC(N)C1CCCN(C(C)c2nccs2)C1. The number of rotatable bonds is 3. The van der Waals surface area contributed by atoms with Crippen LogP contribution in [-0.4, -0.2) is 29.0 Å². The number of thiazole rings is 1. The second-order valence-electron chi connectivity index (χ2n) is 4.80. The van der Waals surface area contributed by atoms with E-state index in [0.29, 0.717) is 18.0 Å². The smallest absolute Gasteiger partial charge is 0.109 e. The number of hydrogen-bond acceptors (Lipinski definition) is 4. The van der Waals surface area contributed by atoms with E-state index in [1.54, 1.807) is 11.3 Å². The molecule has 0 bridgehead atoms. The first-order valence-electron chi connectivity index (χ1n) is 6.07. The van der Waals surface area contributed by atoms with E-state index >= 15 is 0 Å². The number of nitrogens with two attached hydrogens (primary N) is 1. The van der Waals surface area contributed by atoms with Gasteiger partial charge >= 0.3 is 0 Å². The summed E-state index contributed by atoms with van der Waals surface area (Å²) in [5, 5.41) is 3.28. The Hall–Kier alpha value is -0.450. The Labute approximate surface area is 102 Å². The van der Waals surface area contributed by atoms with Crippen molar-refractivity contribution >= 4 is 11.3 Å². The first kappa shape index (κ1) is 12.0. The molecule has 0 aliphatic carbocycles. The van der Waals surface area contributed by atoms with Gasteiger partial charge in [0, 0.05) is 24.2 Å². The second-order valence-corrected chi connectivity index (χ2v) is 5.73. The van der Waals surface area contributed by atoms with Gasteiger partial charge in [-0.05, 0) is 39.2 Å². The first-order chi connectivity index (χ1) is 7.68. The number of nitrogens with zero attached hydrogens (tertiary/aromatic N) is 2. The summed E-state index contributed by atoms with van der Waals surface area (Å²) in [4.78, 5) is 6.93. The average molecular weight is 239 g/mol. The monoisotopic (exact) mass is 239 g/mol. The van der Waals surface area contributed by atoms with Crippen molar-refractivity contribution in [1.82, 2.24) is 9.88 Å². The van der Waals surface area contributed by atoms with Crippen LogP contribution in [0.4, 0.5) is 0 Å². The van der Waals surface area contributed by atoms with Gasteiger partial charge in [-0.1, -0.05) is 0 Å². The third kappa shape index (κ3) is 2.62. The molecule has 2 N–H and O–H groups in total. The summed E-state index contributed by atoms with van der Waals surface area (Å²) in [5.74, 6) is 0.649. The highest BCUT2D eigenvalue weighted by atomic mass is 32.1. The minimum absolute atomic E-state index is 0.311. The Morgan fingerprint density at radius 3 is 3.00 bits per heavy atom. The fraction of sp³-hybridized carbons (Fsp3) is 0.750. The predicted molar refractivity (Wildman–Crippen MR) is 68.5 cm³/mol. The van der Waals surface area contributed by atoms with Crippen molar-refractivity contribution in [3.8, 4) is 0 Å². The first-order valence-corrected chi connectivity index (χ1v) is 6.95. The Morgan fingerprint density at radius 2 is 2.38 bits per heavy atom. The van der Waals surface area contributed by atoms with Crippen LogP contribution < -0.4 is 5.73 Å². The highest BCUT2D eigenvalue weighted by Crippen LogP contribution is 2.28. The van der Waals surface area contributed by atoms with Crippen LogP contribution in [0.3, 0.4) is 0 Å². The highest BCUT2D eigenvalue weighted by Gasteiger charge is 2.27. The fourth-order valence-corrected chi connectivity index (χ4v) is 3.15. The van der Waals surface area contributed by atoms with Crippen LogP contribution >= 0.6 is 11.3 Å². The molecule has 0 saturated carbocycles. The standard InChI is InChI=1S/C12H21N3S/c1-9(13)11-4-3-6-15(8-11)10(2)12-14-5-7-16-12/h5,7,9-11H,3-4,6,8,13H2,1-2H3. The Morgan fingerprint density at radius 1 is 1.56 bits per heavy atom. The summed E-state index contributed by atoms with van der Waals surface area (Å²) in [7, 11) is 0. The van der Waals surface area contributed by atoms with Gasteiger partial charge in [-0.25, -0.2) is 4.98 Å². The summed E-state index contributed by atoms with van der Waals surface area (Å²) in [6.45, 7) is 6.69. The molecule has 2 heterocycles. The van der Waals surface area contributed by atoms with Crippen LogP contribution in [0, 0.1) is 5.92 Å². The Kier molecular flexibility index (Phi) is 3.95. The topological polar surface area (TPSA) is 42.1 Å². The van der Waals surface area contributed by atoms with E-state index in [-0.39, 0.29) is 0 Å². The number of aromatic nitrogens is 1. The zero-order valence-corrected chi connectivity index (χ0v) is 10.9. The molecule has 16 heavy (non-hydrogen) atoms. The van der Waals surface area contributed by atoms with Crippen molar-refractivity contribution in [1.29, 1.82) is 0 Å². The lowest BCUT2D eigenvalue weighted by atomic mass is 9.91. The Balaban J connectivity index is 1.99. The van der Waals surface area contributed by atoms with Gasteiger partial charge in [0.15, 0.2) is 0 Å². The maximum absolute atomic E-state index is 6.01. The summed E-state index contributed by atoms with van der Waals surface area (Å²) in [5.41, 5.74) is 6.01. The summed E-state index contributed by atoms with van der Waals surface area (Å²) < 4.78 is 0. The lowest BCUT2D eigenvalue weighted by Crippen LogP contribution is -2.43. The minimum Gasteiger partial charge on any atom is -0.328 e. The van der Waals surface area contributed by atoms with Gasteiger partial charge in [0.1, 0.15) is 5.01 Å².